The molecule has 1 heterocycles. The summed E-state index contributed by atoms with van der Waals surface area (Å²) < 4.78 is 0. The summed E-state index contributed by atoms with van der Waals surface area (Å²) in [4.78, 5) is 4.34. The Morgan fingerprint density at radius 1 is 1.21 bits per heavy atom. The molecular weight excluding hydrogens is 234 g/mol. The number of anilines is 2. The second-order valence-electron chi connectivity index (χ2n) is 5.42. The third-order valence-corrected chi connectivity index (χ3v) is 3.31. The molecule has 0 aliphatic rings. The lowest BCUT2D eigenvalue weighted by atomic mass is 10.1. The van der Waals surface area contributed by atoms with E-state index in [1.54, 1.807) is 6.20 Å². The molecule has 0 unspecified atom stereocenters. The number of para-hydroxylation sites is 1. The lowest BCUT2D eigenvalue weighted by Gasteiger charge is -2.12. The molecule has 0 aliphatic heterocycles. The second-order valence-corrected chi connectivity index (χ2v) is 5.42. The van der Waals surface area contributed by atoms with Crippen LogP contribution in [0.1, 0.15) is 33.1 Å². The number of benzene rings is 1. The molecule has 2 rings (SSSR count). The van der Waals surface area contributed by atoms with Crippen LogP contribution in [0.5, 0.6) is 0 Å². The number of hydrogen-bond acceptors (Lipinski definition) is 3. The van der Waals surface area contributed by atoms with Crippen molar-refractivity contribution in [2.24, 2.45) is 5.92 Å². The number of nitrogens with one attached hydrogen (secondary N) is 1. The van der Waals surface area contributed by atoms with Crippen molar-refractivity contribution >= 4 is 22.3 Å². The van der Waals surface area contributed by atoms with E-state index in [1.165, 1.54) is 19.3 Å². The van der Waals surface area contributed by atoms with Crippen LogP contribution in [0.4, 0.5) is 11.4 Å². The number of nitrogens with zero attached hydrogens (tertiary/aromatic N) is 1. The van der Waals surface area contributed by atoms with Crippen molar-refractivity contribution in [2.45, 2.75) is 33.1 Å². The van der Waals surface area contributed by atoms with Gasteiger partial charge in [0.25, 0.3) is 0 Å². The zero-order chi connectivity index (χ0) is 13.7. The monoisotopic (exact) mass is 257 g/mol. The molecule has 3 heteroatoms. The predicted octanol–water partition coefficient (Wildman–Crippen LogP) is 4.06. The maximum atomic E-state index is 6.02. The number of pyridine rings is 1. The van der Waals surface area contributed by atoms with Gasteiger partial charge in [-0.15, -0.1) is 0 Å². The minimum absolute atomic E-state index is 0.725. The Morgan fingerprint density at radius 2 is 2.00 bits per heavy atom. The number of nitrogen functional groups attached to an aromatic ring is 1. The first-order valence-corrected chi connectivity index (χ1v) is 7.05. The van der Waals surface area contributed by atoms with Crippen molar-refractivity contribution in [1.29, 1.82) is 0 Å². The molecule has 3 nitrogen and oxygen atoms in total. The largest absolute Gasteiger partial charge is 0.396 e. The van der Waals surface area contributed by atoms with Gasteiger partial charge in [-0.05, 0) is 18.4 Å². The number of aromatic nitrogens is 1. The molecule has 0 saturated heterocycles. The molecular formula is C16H23N3. The summed E-state index contributed by atoms with van der Waals surface area (Å²) in [5.74, 6) is 0.784. The molecule has 0 spiro atoms. The molecule has 0 saturated carbocycles. The quantitative estimate of drug-likeness (QED) is 0.767. The topological polar surface area (TPSA) is 50.9 Å². The summed E-state index contributed by atoms with van der Waals surface area (Å²) in [7, 11) is 0. The van der Waals surface area contributed by atoms with E-state index < -0.39 is 0 Å². The Bertz CT molecular complexity index is 535. The van der Waals surface area contributed by atoms with E-state index in [1.807, 2.05) is 18.2 Å². The summed E-state index contributed by atoms with van der Waals surface area (Å²) in [6.45, 7) is 5.49. The van der Waals surface area contributed by atoms with Gasteiger partial charge in [-0.25, -0.2) is 0 Å². The highest BCUT2D eigenvalue weighted by Crippen LogP contribution is 2.27. The number of unbranched alkanes of at least 4 members (excludes halogenated alkanes) is 1. The second kappa shape index (κ2) is 6.41. The first-order valence-electron chi connectivity index (χ1n) is 7.05. The third-order valence-electron chi connectivity index (χ3n) is 3.31. The highest BCUT2D eigenvalue weighted by molar-refractivity contribution is 5.96. The van der Waals surface area contributed by atoms with Crippen LogP contribution in [0.3, 0.4) is 0 Å². The van der Waals surface area contributed by atoms with Gasteiger partial charge in [0, 0.05) is 11.9 Å². The van der Waals surface area contributed by atoms with Crippen molar-refractivity contribution in [3.63, 3.8) is 0 Å². The maximum Gasteiger partial charge on any atom is 0.0743 e. The molecule has 0 bridgehead atoms. The molecule has 1 aromatic carbocycles. The van der Waals surface area contributed by atoms with Crippen molar-refractivity contribution in [2.75, 3.05) is 17.6 Å². The van der Waals surface area contributed by atoms with Crippen molar-refractivity contribution < 1.29 is 0 Å². The predicted molar refractivity (Wildman–Crippen MR) is 83.3 cm³/mol. The summed E-state index contributed by atoms with van der Waals surface area (Å²) in [6.07, 6.45) is 5.45. The summed E-state index contributed by atoms with van der Waals surface area (Å²) in [5.41, 5.74) is 8.76. The Kier molecular flexibility index (Phi) is 4.61. The Hall–Kier alpha value is -1.77. The standard InChI is InChI=1S/C16H23N3/c1-12(2)7-5-6-10-18-16-13-8-3-4-9-15(13)19-11-14(16)17/h3-4,8-9,11-12H,5-7,10,17H2,1-2H3,(H,18,19). The first kappa shape index (κ1) is 13.7. The molecule has 102 valence electrons. The van der Waals surface area contributed by atoms with Crippen LogP contribution in [-0.4, -0.2) is 11.5 Å². The van der Waals surface area contributed by atoms with Crippen LogP contribution < -0.4 is 11.1 Å². The van der Waals surface area contributed by atoms with Gasteiger partial charge < -0.3 is 11.1 Å². The van der Waals surface area contributed by atoms with Gasteiger partial charge in [0.05, 0.1) is 23.1 Å². The minimum Gasteiger partial charge on any atom is -0.396 e. The van der Waals surface area contributed by atoms with Crippen LogP contribution in [0.15, 0.2) is 30.5 Å². The smallest absolute Gasteiger partial charge is 0.0743 e. The summed E-state index contributed by atoms with van der Waals surface area (Å²) in [6, 6.07) is 8.10. The average Bonchev–Trinajstić information content (AvgIpc) is 2.40. The van der Waals surface area contributed by atoms with Gasteiger partial charge in [-0.3, -0.25) is 4.98 Å². The SMILES string of the molecule is CC(C)CCCCNc1c(N)cnc2ccccc12. The van der Waals surface area contributed by atoms with E-state index in [4.69, 9.17) is 5.73 Å². The molecule has 2 aromatic rings. The third kappa shape index (κ3) is 3.60. The fourth-order valence-electron chi connectivity index (χ4n) is 2.25. The van der Waals surface area contributed by atoms with E-state index >= 15 is 0 Å². The lowest BCUT2D eigenvalue weighted by molar-refractivity contribution is 0.545. The van der Waals surface area contributed by atoms with E-state index in [2.05, 4.69) is 30.2 Å². The molecule has 3 N–H and O–H groups in total. The lowest BCUT2D eigenvalue weighted by Crippen LogP contribution is -2.06. The van der Waals surface area contributed by atoms with Crippen LogP contribution in [0.2, 0.25) is 0 Å². The highest BCUT2D eigenvalue weighted by Gasteiger charge is 2.05. The molecule has 0 fully saturated rings. The molecule has 0 amide bonds. The van der Waals surface area contributed by atoms with Gasteiger partial charge in [0.1, 0.15) is 0 Å². The zero-order valence-electron chi connectivity index (χ0n) is 11.8. The summed E-state index contributed by atoms with van der Waals surface area (Å²) >= 11 is 0. The fourth-order valence-corrected chi connectivity index (χ4v) is 2.25. The van der Waals surface area contributed by atoms with Gasteiger partial charge in [-0.2, -0.15) is 0 Å². The normalized spacial score (nSPS) is 11.1. The minimum atomic E-state index is 0.725. The van der Waals surface area contributed by atoms with E-state index in [9.17, 15) is 0 Å². The summed E-state index contributed by atoms with van der Waals surface area (Å²) in [5, 5.41) is 4.57. The van der Waals surface area contributed by atoms with Crippen molar-refractivity contribution in [3.8, 4) is 0 Å². The van der Waals surface area contributed by atoms with Crippen LogP contribution >= 0.6 is 0 Å². The Labute approximate surface area is 115 Å². The molecule has 1 aromatic heterocycles. The number of nitrogens with two attached hydrogens (primary N) is 1. The van der Waals surface area contributed by atoms with Gasteiger partial charge in [0.2, 0.25) is 0 Å². The van der Waals surface area contributed by atoms with Gasteiger partial charge in [-0.1, -0.05) is 44.9 Å². The van der Waals surface area contributed by atoms with E-state index in [0.717, 1.165) is 34.7 Å². The van der Waals surface area contributed by atoms with E-state index in [0.29, 0.717) is 0 Å². The first-order chi connectivity index (χ1) is 9.18. The molecule has 19 heavy (non-hydrogen) atoms. The zero-order valence-corrected chi connectivity index (χ0v) is 11.8. The number of fused-ring (bicyclic) bond motifs is 1. The fraction of sp³-hybridized carbons (Fsp3) is 0.438. The Balaban J connectivity index is 2.01. The maximum absolute atomic E-state index is 6.02. The average molecular weight is 257 g/mol. The van der Waals surface area contributed by atoms with Crippen LogP contribution in [-0.2, 0) is 0 Å². The Morgan fingerprint density at radius 3 is 2.79 bits per heavy atom. The number of hydrogen-bond donors (Lipinski definition) is 2. The van der Waals surface area contributed by atoms with Gasteiger partial charge >= 0.3 is 0 Å². The van der Waals surface area contributed by atoms with Crippen molar-refractivity contribution in [1.82, 2.24) is 4.98 Å². The number of rotatable bonds is 6. The molecule has 0 aliphatic carbocycles. The van der Waals surface area contributed by atoms with Gasteiger partial charge in [0.15, 0.2) is 0 Å². The molecule has 0 atom stereocenters. The van der Waals surface area contributed by atoms with Crippen LogP contribution in [0.25, 0.3) is 10.9 Å². The highest BCUT2D eigenvalue weighted by atomic mass is 14.9. The van der Waals surface area contributed by atoms with Crippen molar-refractivity contribution in [3.05, 3.63) is 30.5 Å². The van der Waals surface area contributed by atoms with Crippen LogP contribution in [0, 0.1) is 5.92 Å². The van der Waals surface area contributed by atoms with E-state index in [-0.39, 0.29) is 0 Å². The molecule has 0 radical (unpaired) electrons.